The van der Waals surface area contributed by atoms with Crippen molar-refractivity contribution >= 4 is 23.0 Å². The quantitative estimate of drug-likeness (QED) is 0.564. The summed E-state index contributed by atoms with van der Waals surface area (Å²) in [5.41, 5.74) is 0.731. The predicted molar refractivity (Wildman–Crippen MR) is 83.7 cm³/mol. The third kappa shape index (κ3) is 3.21. The van der Waals surface area contributed by atoms with Crippen LogP contribution in [0.4, 0.5) is 17.1 Å². The lowest BCUT2D eigenvalue weighted by Crippen LogP contribution is -2.27. The molecule has 0 spiro atoms. The molecule has 1 aromatic carbocycles. The Labute approximate surface area is 133 Å². The first kappa shape index (κ1) is 15.5. The van der Waals surface area contributed by atoms with Crippen molar-refractivity contribution < 1.29 is 19.6 Å². The van der Waals surface area contributed by atoms with E-state index in [0.717, 1.165) is 19.3 Å². The van der Waals surface area contributed by atoms with E-state index in [-0.39, 0.29) is 30.9 Å². The number of fused-ring (bicyclic) bond motifs is 1. The Morgan fingerprint density at radius 3 is 3.00 bits per heavy atom. The van der Waals surface area contributed by atoms with Crippen LogP contribution in [0.3, 0.4) is 0 Å². The Hall–Kier alpha value is -2.35. The highest BCUT2D eigenvalue weighted by Gasteiger charge is 2.30. The lowest BCUT2D eigenvalue weighted by molar-refractivity contribution is -0.384. The molecule has 3 N–H and O–H groups in total. The third-order valence-electron chi connectivity index (χ3n) is 4.43. The molecule has 1 aromatic rings. The number of benzene rings is 1. The summed E-state index contributed by atoms with van der Waals surface area (Å²) in [6.07, 6.45) is 3.61. The van der Waals surface area contributed by atoms with E-state index in [9.17, 15) is 14.9 Å². The molecule has 1 aliphatic heterocycles. The number of rotatable bonds is 5. The van der Waals surface area contributed by atoms with Crippen LogP contribution in [-0.4, -0.2) is 35.2 Å². The minimum absolute atomic E-state index is 0.0745. The molecule has 0 aromatic heterocycles. The molecule has 8 nitrogen and oxygen atoms in total. The summed E-state index contributed by atoms with van der Waals surface area (Å²) in [5.74, 6) is 0.318. The molecule has 8 heteroatoms. The molecule has 1 heterocycles. The zero-order valence-electron chi connectivity index (χ0n) is 12.6. The number of hydrogen-bond acceptors (Lipinski definition) is 6. The zero-order valence-corrected chi connectivity index (χ0v) is 12.6. The fourth-order valence-corrected chi connectivity index (χ4v) is 3.32. The van der Waals surface area contributed by atoms with Crippen molar-refractivity contribution in [2.45, 2.75) is 31.7 Å². The number of hydrogen-bond donors (Lipinski definition) is 3. The molecule has 23 heavy (non-hydrogen) atoms. The number of nitro benzene ring substituents is 1. The molecule has 2 unspecified atom stereocenters. The highest BCUT2D eigenvalue weighted by molar-refractivity contribution is 5.96. The molecule has 0 radical (unpaired) electrons. The topological polar surface area (TPSA) is 114 Å². The van der Waals surface area contributed by atoms with Crippen molar-refractivity contribution in [2.75, 3.05) is 23.8 Å². The van der Waals surface area contributed by atoms with E-state index in [0.29, 0.717) is 29.5 Å². The van der Waals surface area contributed by atoms with Gasteiger partial charge in [0.2, 0.25) is 0 Å². The molecule has 1 saturated carbocycles. The van der Waals surface area contributed by atoms with Gasteiger partial charge in [0.1, 0.15) is 5.69 Å². The zero-order chi connectivity index (χ0) is 16.4. The van der Waals surface area contributed by atoms with Crippen LogP contribution in [0.15, 0.2) is 12.1 Å². The third-order valence-corrected chi connectivity index (χ3v) is 4.43. The van der Waals surface area contributed by atoms with Gasteiger partial charge in [0.25, 0.3) is 11.6 Å². The van der Waals surface area contributed by atoms with Crippen LogP contribution < -0.4 is 15.4 Å². The minimum atomic E-state index is -0.460. The smallest absolute Gasteiger partial charge is 0.296 e. The molecule has 3 rings (SSSR count). The van der Waals surface area contributed by atoms with Crippen LogP contribution in [0.2, 0.25) is 0 Å². The Morgan fingerprint density at radius 2 is 2.26 bits per heavy atom. The summed E-state index contributed by atoms with van der Waals surface area (Å²) in [5, 5.41) is 26.4. The maximum absolute atomic E-state index is 11.4. The summed E-state index contributed by atoms with van der Waals surface area (Å²) in [6, 6.07) is 2.98. The van der Waals surface area contributed by atoms with Gasteiger partial charge in [-0.05, 0) is 31.2 Å². The summed E-state index contributed by atoms with van der Waals surface area (Å²) < 4.78 is 5.23. The average molecular weight is 321 g/mol. The van der Waals surface area contributed by atoms with Crippen LogP contribution in [-0.2, 0) is 4.79 Å². The van der Waals surface area contributed by atoms with E-state index >= 15 is 0 Å². The first-order chi connectivity index (χ1) is 11.1. The van der Waals surface area contributed by atoms with E-state index in [2.05, 4.69) is 10.6 Å². The Bertz CT molecular complexity index is 634. The number of aliphatic hydroxyl groups is 1. The van der Waals surface area contributed by atoms with Gasteiger partial charge >= 0.3 is 0 Å². The number of nitrogens with zero attached hydrogens (tertiary/aromatic N) is 1. The molecule has 1 amide bonds. The fourth-order valence-electron chi connectivity index (χ4n) is 3.32. The molecule has 2 atom stereocenters. The van der Waals surface area contributed by atoms with Gasteiger partial charge < -0.3 is 20.5 Å². The molecule has 1 fully saturated rings. The molecule has 1 aliphatic carbocycles. The maximum atomic E-state index is 11.4. The Kier molecular flexibility index (Phi) is 4.33. The van der Waals surface area contributed by atoms with Gasteiger partial charge in [-0.3, -0.25) is 14.9 Å². The first-order valence-corrected chi connectivity index (χ1v) is 7.71. The number of ether oxygens (including phenoxy) is 1. The SMILES string of the molecule is O=C1COc2cc([N+](=O)[O-])c(NC3CCCC3CCO)cc2N1. The minimum Gasteiger partial charge on any atom is -0.481 e. The number of nitrogens with one attached hydrogen (secondary N) is 2. The molecule has 0 bridgehead atoms. The van der Waals surface area contributed by atoms with Crippen molar-refractivity contribution in [3.05, 3.63) is 22.2 Å². The van der Waals surface area contributed by atoms with Gasteiger partial charge in [0.15, 0.2) is 12.4 Å². The summed E-state index contributed by atoms with van der Waals surface area (Å²) in [7, 11) is 0. The highest BCUT2D eigenvalue weighted by Crippen LogP contribution is 2.40. The Morgan fingerprint density at radius 1 is 1.43 bits per heavy atom. The average Bonchev–Trinajstić information content (AvgIpc) is 2.94. The lowest BCUT2D eigenvalue weighted by Gasteiger charge is -2.23. The monoisotopic (exact) mass is 321 g/mol. The first-order valence-electron chi connectivity index (χ1n) is 7.71. The van der Waals surface area contributed by atoms with Crippen molar-refractivity contribution in [2.24, 2.45) is 5.92 Å². The molecular formula is C15H19N3O5. The number of carbonyl (C=O) groups excluding carboxylic acids is 1. The van der Waals surface area contributed by atoms with E-state index in [1.54, 1.807) is 6.07 Å². The largest absolute Gasteiger partial charge is 0.481 e. The molecule has 124 valence electrons. The van der Waals surface area contributed by atoms with Gasteiger partial charge in [0.05, 0.1) is 16.7 Å². The van der Waals surface area contributed by atoms with Crippen molar-refractivity contribution in [3.63, 3.8) is 0 Å². The number of aliphatic hydroxyl groups excluding tert-OH is 1. The van der Waals surface area contributed by atoms with Crippen LogP contribution in [0.1, 0.15) is 25.7 Å². The number of amides is 1. The van der Waals surface area contributed by atoms with Gasteiger partial charge in [-0.15, -0.1) is 0 Å². The highest BCUT2D eigenvalue weighted by atomic mass is 16.6. The molecule has 0 saturated heterocycles. The summed E-state index contributed by atoms with van der Waals surface area (Å²) in [4.78, 5) is 22.3. The van der Waals surface area contributed by atoms with Crippen LogP contribution in [0, 0.1) is 16.0 Å². The van der Waals surface area contributed by atoms with Crippen molar-refractivity contribution in [1.29, 1.82) is 0 Å². The standard InChI is InChI=1S/C15H19N3O5/c19-5-4-9-2-1-3-10(9)16-11-6-12-14(7-13(11)18(21)22)23-8-15(20)17-12/h6-7,9-10,16,19H,1-5,8H2,(H,17,20). The Balaban J connectivity index is 1.89. The van der Waals surface area contributed by atoms with Gasteiger partial charge in [-0.25, -0.2) is 0 Å². The second kappa shape index (κ2) is 6.41. The van der Waals surface area contributed by atoms with Gasteiger partial charge in [0, 0.05) is 12.6 Å². The second-order valence-corrected chi connectivity index (χ2v) is 5.91. The van der Waals surface area contributed by atoms with Crippen LogP contribution >= 0.6 is 0 Å². The molecular weight excluding hydrogens is 302 g/mol. The van der Waals surface area contributed by atoms with Crippen LogP contribution in [0.5, 0.6) is 5.75 Å². The van der Waals surface area contributed by atoms with Gasteiger partial charge in [-0.1, -0.05) is 6.42 Å². The lowest BCUT2D eigenvalue weighted by atomic mass is 9.99. The van der Waals surface area contributed by atoms with E-state index in [4.69, 9.17) is 9.84 Å². The number of anilines is 2. The fraction of sp³-hybridized carbons (Fsp3) is 0.533. The second-order valence-electron chi connectivity index (χ2n) is 5.91. The maximum Gasteiger partial charge on any atom is 0.296 e. The molecule has 2 aliphatic rings. The normalized spacial score (nSPS) is 22.9. The predicted octanol–water partition coefficient (Wildman–Crippen LogP) is 1.89. The van der Waals surface area contributed by atoms with Crippen LogP contribution in [0.25, 0.3) is 0 Å². The summed E-state index contributed by atoms with van der Waals surface area (Å²) in [6.45, 7) is -0.0306. The number of carbonyl (C=O) groups is 1. The van der Waals surface area contributed by atoms with E-state index < -0.39 is 4.92 Å². The number of nitro groups is 1. The van der Waals surface area contributed by atoms with Crippen molar-refractivity contribution in [1.82, 2.24) is 0 Å². The van der Waals surface area contributed by atoms with Crippen molar-refractivity contribution in [3.8, 4) is 5.75 Å². The van der Waals surface area contributed by atoms with E-state index in [1.165, 1.54) is 6.07 Å². The summed E-state index contributed by atoms with van der Waals surface area (Å²) >= 11 is 0. The van der Waals surface area contributed by atoms with E-state index in [1.807, 2.05) is 0 Å². The van der Waals surface area contributed by atoms with Gasteiger partial charge in [-0.2, -0.15) is 0 Å².